The molecule has 0 aromatic carbocycles. The largest absolute Gasteiger partial charge is 0.464 e. The lowest BCUT2D eigenvalue weighted by Crippen LogP contribution is -2.38. The molecule has 0 unspecified atom stereocenters. The van der Waals surface area contributed by atoms with Gasteiger partial charge in [0.05, 0.1) is 0 Å². The van der Waals surface area contributed by atoms with Crippen LogP contribution in [-0.2, 0) is 9.53 Å². The molecule has 4 heteroatoms. The first-order valence-corrected chi connectivity index (χ1v) is 20.3. The third kappa shape index (κ3) is 32.8. The zero-order valence-electron chi connectivity index (χ0n) is 31.0. The van der Waals surface area contributed by atoms with Gasteiger partial charge in [-0.1, -0.05) is 175 Å². The van der Waals surface area contributed by atoms with Crippen LogP contribution in [0.2, 0.25) is 0 Å². The van der Waals surface area contributed by atoms with E-state index in [4.69, 9.17) is 4.74 Å². The molecule has 0 aliphatic rings. The van der Waals surface area contributed by atoms with Crippen molar-refractivity contribution in [2.45, 2.75) is 207 Å². The van der Waals surface area contributed by atoms with Crippen LogP contribution in [0.1, 0.15) is 207 Å². The van der Waals surface area contributed by atoms with Crippen LogP contribution in [0.15, 0.2) is 0 Å². The Bertz CT molecular complexity index is 537. The van der Waals surface area contributed by atoms with Gasteiger partial charge in [-0.15, -0.1) is 0 Å². The van der Waals surface area contributed by atoms with E-state index in [9.17, 15) is 4.79 Å². The molecule has 0 saturated heterocycles. The second-order valence-corrected chi connectivity index (χ2v) is 13.8. The Labute approximate surface area is 278 Å². The Kier molecular flexibility index (Phi) is 36.3. The Morgan fingerprint density at radius 3 is 1.02 bits per heavy atom. The summed E-state index contributed by atoms with van der Waals surface area (Å²) in [4.78, 5) is 17.7. The first-order valence-electron chi connectivity index (χ1n) is 20.3. The lowest BCUT2D eigenvalue weighted by atomic mass is 10.1. The number of ether oxygens (including phenoxy) is 1. The maximum absolute atomic E-state index is 12.4. The molecule has 0 aliphatic heterocycles. The van der Waals surface area contributed by atoms with E-state index in [1.54, 1.807) is 0 Å². The third-order valence-electron chi connectivity index (χ3n) is 9.37. The number of nitrogens with zero attached hydrogens (tertiary/aromatic N) is 2. The zero-order chi connectivity index (χ0) is 32.2. The van der Waals surface area contributed by atoms with Gasteiger partial charge in [0, 0.05) is 26.1 Å². The summed E-state index contributed by atoms with van der Waals surface area (Å²) >= 11 is 0. The van der Waals surface area contributed by atoms with E-state index < -0.39 is 0 Å². The molecule has 264 valence electrons. The zero-order valence-corrected chi connectivity index (χ0v) is 31.0. The van der Waals surface area contributed by atoms with Crippen molar-refractivity contribution in [3.8, 4) is 0 Å². The minimum absolute atomic E-state index is 0.0101. The summed E-state index contributed by atoms with van der Waals surface area (Å²) in [5.74, 6) is 0.0101. The molecule has 0 rings (SSSR count). The average molecular weight is 623 g/mol. The molecular weight excluding hydrogens is 540 g/mol. The van der Waals surface area contributed by atoms with E-state index in [-0.39, 0.29) is 5.97 Å². The van der Waals surface area contributed by atoms with Crippen LogP contribution in [0.4, 0.5) is 0 Å². The molecule has 0 fully saturated rings. The molecule has 4 nitrogen and oxygen atoms in total. The van der Waals surface area contributed by atoms with Crippen molar-refractivity contribution in [3.05, 3.63) is 0 Å². The van der Waals surface area contributed by atoms with Crippen molar-refractivity contribution in [2.24, 2.45) is 0 Å². The van der Waals surface area contributed by atoms with Crippen LogP contribution in [0, 0.1) is 0 Å². The van der Waals surface area contributed by atoms with Gasteiger partial charge in [-0.05, 0) is 45.3 Å². The molecule has 0 heterocycles. The van der Waals surface area contributed by atoms with E-state index >= 15 is 0 Å². The van der Waals surface area contributed by atoms with E-state index in [1.165, 1.54) is 174 Å². The van der Waals surface area contributed by atoms with Crippen LogP contribution in [0.25, 0.3) is 0 Å². The summed E-state index contributed by atoms with van der Waals surface area (Å²) in [6.07, 6.45) is 36.7. The number of rotatable bonds is 37. The highest BCUT2D eigenvalue weighted by molar-refractivity contribution is 5.69. The predicted molar refractivity (Wildman–Crippen MR) is 196 cm³/mol. The molecule has 0 saturated carbocycles. The van der Waals surface area contributed by atoms with Crippen molar-refractivity contribution in [1.29, 1.82) is 0 Å². The van der Waals surface area contributed by atoms with Crippen LogP contribution in [-0.4, -0.2) is 61.6 Å². The van der Waals surface area contributed by atoms with Crippen molar-refractivity contribution >= 4 is 5.97 Å². The summed E-state index contributed by atoms with van der Waals surface area (Å²) in [7, 11) is 0. The number of hydrogen-bond acceptors (Lipinski definition) is 4. The maximum Gasteiger partial charge on any atom is 0.305 e. The molecule has 0 spiro atoms. The molecule has 0 radical (unpaired) electrons. The molecule has 0 bridgehead atoms. The lowest BCUT2D eigenvalue weighted by Gasteiger charge is -2.28. The second-order valence-electron chi connectivity index (χ2n) is 13.8. The molecule has 0 aromatic rings. The smallest absolute Gasteiger partial charge is 0.305 e. The Morgan fingerprint density at radius 1 is 0.364 bits per heavy atom. The highest BCUT2D eigenvalue weighted by Crippen LogP contribution is 2.12. The summed E-state index contributed by atoms with van der Waals surface area (Å²) in [6.45, 7) is 16.5. The average Bonchev–Trinajstić information content (AvgIpc) is 3.03. The molecule has 44 heavy (non-hydrogen) atoms. The standard InChI is InChI=1S/C40H82N2O2/c1-5-9-13-17-21-25-29-33-41(34-30-26-22-18-14-10-6-2)36-37-42(35-31-27-23-19-15-11-7-3)38-39-44-40(43)32-28-24-20-16-12-8-4/h5-39H2,1-4H3. The Hall–Kier alpha value is -0.610. The number of esters is 1. The second kappa shape index (κ2) is 36.9. The van der Waals surface area contributed by atoms with Crippen molar-refractivity contribution in [3.63, 3.8) is 0 Å². The van der Waals surface area contributed by atoms with E-state index in [2.05, 4.69) is 37.5 Å². The van der Waals surface area contributed by atoms with E-state index in [1.807, 2.05) is 0 Å². The van der Waals surface area contributed by atoms with Gasteiger partial charge >= 0.3 is 5.97 Å². The Balaban J connectivity index is 4.69. The first-order chi connectivity index (χ1) is 21.7. The maximum atomic E-state index is 12.4. The minimum Gasteiger partial charge on any atom is -0.464 e. The fourth-order valence-electron chi connectivity index (χ4n) is 6.24. The number of hydrogen-bond donors (Lipinski definition) is 0. The van der Waals surface area contributed by atoms with Gasteiger partial charge in [0.1, 0.15) is 6.61 Å². The van der Waals surface area contributed by atoms with Crippen molar-refractivity contribution < 1.29 is 9.53 Å². The van der Waals surface area contributed by atoms with Gasteiger partial charge in [-0.3, -0.25) is 9.69 Å². The van der Waals surface area contributed by atoms with Gasteiger partial charge < -0.3 is 9.64 Å². The van der Waals surface area contributed by atoms with Crippen LogP contribution in [0.3, 0.4) is 0 Å². The molecule has 0 atom stereocenters. The summed E-state index contributed by atoms with van der Waals surface area (Å²) < 4.78 is 5.72. The first kappa shape index (κ1) is 43.4. The van der Waals surface area contributed by atoms with Crippen LogP contribution < -0.4 is 0 Å². The molecule has 0 amide bonds. The molecule has 0 aliphatic carbocycles. The number of unbranched alkanes of at least 4 members (excludes halogenated alkanes) is 23. The third-order valence-corrected chi connectivity index (χ3v) is 9.37. The van der Waals surface area contributed by atoms with Gasteiger partial charge in [-0.25, -0.2) is 0 Å². The van der Waals surface area contributed by atoms with Crippen molar-refractivity contribution in [2.75, 3.05) is 45.9 Å². The highest BCUT2D eigenvalue weighted by Gasteiger charge is 2.11. The summed E-state index contributed by atoms with van der Waals surface area (Å²) in [5, 5.41) is 0. The number of carbonyl (C=O) groups is 1. The minimum atomic E-state index is 0.0101. The number of carbonyl (C=O) groups excluding carboxylic acids is 1. The van der Waals surface area contributed by atoms with Crippen LogP contribution >= 0.6 is 0 Å². The monoisotopic (exact) mass is 623 g/mol. The van der Waals surface area contributed by atoms with Crippen LogP contribution in [0.5, 0.6) is 0 Å². The van der Waals surface area contributed by atoms with Crippen molar-refractivity contribution in [1.82, 2.24) is 9.80 Å². The normalized spacial score (nSPS) is 11.7. The fourth-order valence-corrected chi connectivity index (χ4v) is 6.24. The Morgan fingerprint density at radius 2 is 0.659 bits per heavy atom. The lowest BCUT2D eigenvalue weighted by molar-refractivity contribution is -0.144. The van der Waals surface area contributed by atoms with Gasteiger partial charge in [0.2, 0.25) is 0 Å². The summed E-state index contributed by atoms with van der Waals surface area (Å²) in [5.41, 5.74) is 0. The fraction of sp³-hybridized carbons (Fsp3) is 0.975. The topological polar surface area (TPSA) is 32.8 Å². The SMILES string of the molecule is CCCCCCCCCN(CCCCCCCCC)CCN(CCCCCCCCC)CCOC(=O)CCCCCCCC. The van der Waals surface area contributed by atoms with Gasteiger partial charge in [0.15, 0.2) is 0 Å². The quantitative estimate of drug-likeness (QED) is 0.0510. The molecule has 0 N–H and O–H groups in total. The predicted octanol–water partition coefficient (Wildman–Crippen LogP) is 12.1. The summed E-state index contributed by atoms with van der Waals surface area (Å²) in [6, 6.07) is 0. The van der Waals surface area contributed by atoms with E-state index in [0.29, 0.717) is 13.0 Å². The highest BCUT2D eigenvalue weighted by atomic mass is 16.5. The molecule has 0 aromatic heterocycles. The van der Waals surface area contributed by atoms with Gasteiger partial charge in [0.25, 0.3) is 0 Å². The van der Waals surface area contributed by atoms with Gasteiger partial charge in [-0.2, -0.15) is 0 Å². The molecular formula is C40H82N2O2. The van der Waals surface area contributed by atoms with E-state index in [0.717, 1.165) is 39.0 Å².